The molecule has 106 valence electrons. The second kappa shape index (κ2) is 6.49. The van der Waals surface area contributed by atoms with Gasteiger partial charge in [0, 0.05) is 31.5 Å². The first-order valence-electron chi connectivity index (χ1n) is 5.72. The number of hydrogen-bond donors (Lipinski definition) is 1. The molecule has 5 nitrogen and oxygen atoms in total. The van der Waals surface area contributed by atoms with Crippen LogP contribution >= 0.6 is 15.9 Å². The SMILES string of the molecule is CNC(=O)CCN(C)S(=O)(=O)c1ccc(Br)c(C)c1. The van der Waals surface area contributed by atoms with Crippen molar-refractivity contribution < 1.29 is 13.2 Å². The molecule has 0 aliphatic carbocycles. The number of halogens is 1. The van der Waals surface area contributed by atoms with Crippen molar-refractivity contribution in [2.24, 2.45) is 0 Å². The summed E-state index contributed by atoms with van der Waals surface area (Å²) in [6.07, 6.45) is 0.141. The van der Waals surface area contributed by atoms with Gasteiger partial charge in [0.2, 0.25) is 15.9 Å². The summed E-state index contributed by atoms with van der Waals surface area (Å²) >= 11 is 3.33. The van der Waals surface area contributed by atoms with Gasteiger partial charge in [-0.05, 0) is 30.7 Å². The van der Waals surface area contributed by atoms with Crippen molar-refractivity contribution in [1.82, 2.24) is 9.62 Å². The zero-order chi connectivity index (χ0) is 14.6. The van der Waals surface area contributed by atoms with E-state index >= 15 is 0 Å². The molecule has 0 aliphatic heterocycles. The highest BCUT2D eigenvalue weighted by atomic mass is 79.9. The molecule has 19 heavy (non-hydrogen) atoms. The topological polar surface area (TPSA) is 66.5 Å². The van der Waals surface area contributed by atoms with Crippen LogP contribution in [0.2, 0.25) is 0 Å². The summed E-state index contributed by atoms with van der Waals surface area (Å²) in [7, 11) is -0.559. The summed E-state index contributed by atoms with van der Waals surface area (Å²) in [6, 6.07) is 4.85. The zero-order valence-electron chi connectivity index (χ0n) is 11.1. The van der Waals surface area contributed by atoms with Crippen LogP contribution in [-0.2, 0) is 14.8 Å². The lowest BCUT2D eigenvalue weighted by Gasteiger charge is -2.17. The quantitative estimate of drug-likeness (QED) is 0.876. The largest absolute Gasteiger partial charge is 0.359 e. The average Bonchev–Trinajstić information content (AvgIpc) is 2.38. The monoisotopic (exact) mass is 348 g/mol. The van der Waals surface area contributed by atoms with Crippen molar-refractivity contribution in [1.29, 1.82) is 0 Å². The Morgan fingerprint density at radius 1 is 1.42 bits per heavy atom. The van der Waals surface area contributed by atoms with Crippen molar-refractivity contribution in [3.8, 4) is 0 Å². The van der Waals surface area contributed by atoms with Crippen LogP contribution in [-0.4, -0.2) is 39.3 Å². The predicted molar refractivity (Wildman–Crippen MR) is 77.4 cm³/mol. The molecule has 1 amide bonds. The summed E-state index contributed by atoms with van der Waals surface area (Å²) < 4.78 is 26.6. The van der Waals surface area contributed by atoms with Crippen molar-refractivity contribution in [2.45, 2.75) is 18.2 Å². The second-order valence-corrected chi connectivity index (χ2v) is 7.06. The number of nitrogens with one attached hydrogen (secondary N) is 1. The summed E-state index contributed by atoms with van der Waals surface area (Å²) in [5.41, 5.74) is 0.848. The maximum absolute atomic E-state index is 12.3. The highest BCUT2D eigenvalue weighted by Crippen LogP contribution is 2.22. The number of carbonyl (C=O) groups is 1. The normalized spacial score (nSPS) is 11.6. The van der Waals surface area contributed by atoms with Crippen LogP contribution in [0.1, 0.15) is 12.0 Å². The number of nitrogens with zero attached hydrogens (tertiary/aromatic N) is 1. The standard InChI is InChI=1S/C12H17BrN2O3S/c1-9-8-10(4-5-11(9)13)19(17,18)15(3)7-6-12(16)14-2/h4-5,8H,6-7H2,1-3H3,(H,14,16). The molecule has 0 aromatic heterocycles. The lowest BCUT2D eigenvalue weighted by molar-refractivity contribution is -0.120. The van der Waals surface area contributed by atoms with Gasteiger partial charge in [-0.2, -0.15) is 0 Å². The van der Waals surface area contributed by atoms with Crippen LogP contribution in [0.4, 0.5) is 0 Å². The highest BCUT2D eigenvalue weighted by Gasteiger charge is 2.21. The predicted octanol–water partition coefficient (Wildman–Crippen LogP) is 1.51. The van der Waals surface area contributed by atoms with Crippen LogP contribution in [0.15, 0.2) is 27.6 Å². The second-order valence-electron chi connectivity index (χ2n) is 4.16. The highest BCUT2D eigenvalue weighted by molar-refractivity contribution is 9.10. The zero-order valence-corrected chi connectivity index (χ0v) is 13.5. The van der Waals surface area contributed by atoms with Gasteiger partial charge >= 0.3 is 0 Å². The van der Waals surface area contributed by atoms with E-state index in [-0.39, 0.29) is 23.8 Å². The smallest absolute Gasteiger partial charge is 0.242 e. The molecule has 0 saturated heterocycles. The first-order valence-corrected chi connectivity index (χ1v) is 7.95. The van der Waals surface area contributed by atoms with Gasteiger partial charge in [0.15, 0.2) is 0 Å². The molecule has 0 saturated carbocycles. The number of rotatable bonds is 5. The lowest BCUT2D eigenvalue weighted by Crippen LogP contribution is -2.31. The van der Waals surface area contributed by atoms with Crippen LogP contribution in [0, 0.1) is 6.92 Å². The minimum atomic E-state index is -3.55. The van der Waals surface area contributed by atoms with Gasteiger partial charge in [-0.15, -0.1) is 0 Å². The first kappa shape index (κ1) is 16.1. The number of aryl methyl sites for hydroxylation is 1. The van der Waals surface area contributed by atoms with Crippen molar-refractivity contribution in [3.05, 3.63) is 28.2 Å². The molecule has 1 rings (SSSR count). The molecular formula is C12H17BrN2O3S. The van der Waals surface area contributed by atoms with E-state index in [1.165, 1.54) is 18.4 Å². The van der Waals surface area contributed by atoms with E-state index in [1.54, 1.807) is 18.2 Å². The molecule has 0 atom stereocenters. The molecule has 7 heteroatoms. The van der Waals surface area contributed by atoms with E-state index in [0.717, 1.165) is 10.0 Å². The molecule has 1 N–H and O–H groups in total. The fourth-order valence-electron chi connectivity index (χ4n) is 1.46. The number of sulfonamides is 1. The average molecular weight is 349 g/mol. The third-order valence-electron chi connectivity index (χ3n) is 2.77. The van der Waals surface area contributed by atoms with E-state index in [4.69, 9.17) is 0 Å². The van der Waals surface area contributed by atoms with Crippen molar-refractivity contribution in [2.75, 3.05) is 20.6 Å². The third kappa shape index (κ3) is 4.02. The third-order valence-corrected chi connectivity index (χ3v) is 5.51. The van der Waals surface area contributed by atoms with E-state index in [0.29, 0.717) is 0 Å². The van der Waals surface area contributed by atoms with E-state index in [2.05, 4.69) is 21.2 Å². The maximum atomic E-state index is 12.3. The Morgan fingerprint density at radius 2 is 2.05 bits per heavy atom. The van der Waals surface area contributed by atoms with E-state index in [9.17, 15) is 13.2 Å². The fourth-order valence-corrected chi connectivity index (χ4v) is 2.97. The lowest BCUT2D eigenvalue weighted by atomic mass is 10.2. The Kier molecular flexibility index (Phi) is 5.51. The number of amides is 1. The van der Waals surface area contributed by atoms with Gasteiger partial charge in [0.25, 0.3) is 0 Å². The molecule has 0 aliphatic rings. The Morgan fingerprint density at radius 3 is 2.58 bits per heavy atom. The number of benzene rings is 1. The molecule has 0 radical (unpaired) electrons. The maximum Gasteiger partial charge on any atom is 0.242 e. The minimum Gasteiger partial charge on any atom is -0.359 e. The summed E-state index contributed by atoms with van der Waals surface area (Å²) in [4.78, 5) is 11.4. The Balaban J connectivity index is 2.90. The van der Waals surface area contributed by atoms with Crippen molar-refractivity contribution in [3.63, 3.8) is 0 Å². The van der Waals surface area contributed by atoms with Crippen LogP contribution in [0.25, 0.3) is 0 Å². The summed E-state index contributed by atoms with van der Waals surface area (Å²) in [5.74, 6) is -0.186. The van der Waals surface area contributed by atoms with Gasteiger partial charge in [-0.25, -0.2) is 12.7 Å². The van der Waals surface area contributed by atoms with Crippen molar-refractivity contribution >= 4 is 31.9 Å². The first-order chi connectivity index (χ1) is 8.78. The van der Waals surface area contributed by atoms with Gasteiger partial charge in [-0.1, -0.05) is 15.9 Å². The molecule has 0 spiro atoms. The van der Waals surface area contributed by atoms with E-state index < -0.39 is 10.0 Å². The molecule has 0 unspecified atom stereocenters. The van der Waals surface area contributed by atoms with Crippen LogP contribution < -0.4 is 5.32 Å². The summed E-state index contributed by atoms with van der Waals surface area (Å²) in [6.45, 7) is 1.98. The molecular weight excluding hydrogens is 332 g/mol. The Hall–Kier alpha value is -0.920. The Labute approximate surface area is 122 Å². The van der Waals surface area contributed by atoms with E-state index in [1.807, 2.05) is 6.92 Å². The molecule has 0 heterocycles. The van der Waals surface area contributed by atoms with Gasteiger partial charge in [-0.3, -0.25) is 4.79 Å². The Bertz CT molecular complexity index is 572. The van der Waals surface area contributed by atoms with Gasteiger partial charge in [0.05, 0.1) is 4.90 Å². The van der Waals surface area contributed by atoms with Crippen LogP contribution in [0.5, 0.6) is 0 Å². The van der Waals surface area contributed by atoms with Crippen LogP contribution in [0.3, 0.4) is 0 Å². The van der Waals surface area contributed by atoms with Gasteiger partial charge in [0.1, 0.15) is 0 Å². The number of hydrogen-bond acceptors (Lipinski definition) is 3. The molecule has 1 aromatic carbocycles. The molecule has 0 fully saturated rings. The number of carbonyl (C=O) groups excluding carboxylic acids is 1. The summed E-state index contributed by atoms with van der Waals surface area (Å²) in [5, 5.41) is 2.46. The van der Waals surface area contributed by atoms with Gasteiger partial charge < -0.3 is 5.32 Å². The molecule has 0 bridgehead atoms. The minimum absolute atomic E-state index is 0.141. The molecule has 1 aromatic rings. The fraction of sp³-hybridized carbons (Fsp3) is 0.417.